The Hall–Kier alpha value is -3.12. The highest BCUT2D eigenvalue weighted by Gasteiger charge is 2.17. The van der Waals surface area contributed by atoms with E-state index in [0.717, 1.165) is 0 Å². The molecule has 0 aliphatic rings. The number of ether oxygens (including phenoxy) is 1. The van der Waals surface area contributed by atoms with E-state index in [2.05, 4.69) is 10.3 Å². The zero-order chi connectivity index (χ0) is 18.7. The number of aromatic carboxylic acids is 1. The molecule has 3 rings (SSSR count). The van der Waals surface area contributed by atoms with Crippen LogP contribution in [0.25, 0.3) is 10.9 Å². The van der Waals surface area contributed by atoms with Crippen LogP contribution in [0.15, 0.2) is 48.7 Å². The number of carbonyl (C=O) groups excluding carboxylic acids is 2. The van der Waals surface area contributed by atoms with Gasteiger partial charge < -0.3 is 20.0 Å². The number of anilines is 2. The fourth-order valence-electron chi connectivity index (χ4n) is 2.53. The fraction of sp³-hybridized carbons (Fsp3) is 0.105. The van der Waals surface area contributed by atoms with Gasteiger partial charge in [0.25, 0.3) is 0 Å². The van der Waals surface area contributed by atoms with Gasteiger partial charge in [-0.2, -0.15) is 0 Å². The first-order valence-corrected chi connectivity index (χ1v) is 8.21. The zero-order valence-corrected chi connectivity index (χ0v) is 14.5. The molecule has 7 heteroatoms. The molecular formula is C19H14ClN2O4-. The van der Waals surface area contributed by atoms with E-state index in [1.807, 2.05) is 0 Å². The molecule has 0 aliphatic heterocycles. The topological polar surface area (TPSA) is 91.3 Å². The van der Waals surface area contributed by atoms with Crippen LogP contribution in [0.1, 0.15) is 27.6 Å². The van der Waals surface area contributed by atoms with Crippen molar-refractivity contribution in [3.63, 3.8) is 0 Å². The predicted octanol–water partition coefficient (Wildman–Crippen LogP) is 3.17. The maximum Gasteiger partial charge on any atom is 0.341 e. The lowest BCUT2D eigenvalue weighted by Gasteiger charge is -2.15. The molecule has 1 aromatic heterocycles. The second-order valence-corrected chi connectivity index (χ2v) is 5.86. The van der Waals surface area contributed by atoms with Crippen molar-refractivity contribution in [2.75, 3.05) is 11.9 Å². The number of carboxylic acids is 1. The summed E-state index contributed by atoms with van der Waals surface area (Å²) in [6.45, 7) is 1.92. The van der Waals surface area contributed by atoms with Crippen LogP contribution in [0.4, 0.5) is 11.4 Å². The summed E-state index contributed by atoms with van der Waals surface area (Å²) in [7, 11) is 0. The average molecular weight is 370 g/mol. The van der Waals surface area contributed by atoms with E-state index < -0.39 is 11.9 Å². The normalized spacial score (nSPS) is 10.5. The van der Waals surface area contributed by atoms with Crippen molar-refractivity contribution in [3.05, 3.63) is 64.8 Å². The molecule has 0 radical (unpaired) electrons. The molecule has 2 aromatic carbocycles. The first-order chi connectivity index (χ1) is 12.5. The molecular weight excluding hydrogens is 356 g/mol. The maximum atomic E-state index is 12.3. The summed E-state index contributed by atoms with van der Waals surface area (Å²) in [6.07, 6.45) is 1.42. The fourth-order valence-corrected chi connectivity index (χ4v) is 2.70. The number of benzene rings is 2. The highest BCUT2D eigenvalue weighted by atomic mass is 35.5. The summed E-state index contributed by atoms with van der Waals surface area (Å²) in [6, 6.07) is 11.2. The molecule has 0 atom stereocenters. The molecule has 3 aromatic rings. The van der Waals surface area contributed by atoms with Crippen molar-refractivity contribution in [1.29, 1.82) is 0 Å². The van der Waals surface area contributed by atoms with Gasteiger partial charge in [-0.25, -0.2) is 4.79 Å². The monoisotopic (exact) mass is 369 g/mol. The zero-order valence-electron chi connectivity index (χ0n) is 13.8. The van der Waals surface area contributed by atoms with E-state index in [9.17, 15) is 14.7 Å². The molecule has 0 bridgehead atoms. The molecule has 0 saturated carbocycles. The molecule has 132 valence electrons. The second kappa shape index (κ2) is 7.41. The lowest BCUT2D eigenvalue weighted by atomic mass is 10.1. The largest absolute Gasteiger partial charge is 0.545 e. The minimum absolute atomic E-state index is 0.0177. The number of esters is 1. The van der Waals surface area contributed by atoms with E-state index in [1.54, 1.807) is 37.3 Å². The number of carboxylic acid groups (broad SMARTS) is 1. The van der Waals surface area contributed by atoms with Crippen molar-refractivity contribution in [1.82, 2.24) is 4.98 Å². The van der Waals surface area contributed by atoms with Crippen molar-refractivity contribution in [2.24, 2.45) is 0 Å². The third kappa shape index (κ3) is 3.60. The molecule has 0 spiro atoms. The van der Waals surface area contributed by atoms with Crippen molar-refractivity contribution < 1.29 is 19.4 Å². The Morgan fingerprint density at radius 3 is 2.77 bits per heavy atom. The standard InChI is InChI=1S/C19H15ClN2O4/c1-2-26-19(25)15-10-21-16-7-6-12(20)9-14(16)17(15)22-13-5-3-4-11(8-13)18(23)24/h3-10H,2H2,1H3,(H,21,22)(H,23,24)/p-1. The number of nitrogens with zero attached hydrogens (tertiary/aromatic N) is 1. The number of aromatic nitrogens is 1. The molecule has 1 heterocycles. The second-order valence-electron chi connectivity index (χ2n) is 5.42. The van der Waals surface area contributed by atoms with E-state index in [0.29, 0.717) is 27.3 Å². The number of nitrogens with one attached hydrogen (secondary N) is 1. The molecule has 0 aliphatic carbocycles. The Morgan fingerprint density at radius 2 is 2.04 bits per heavy atom. The van der Waals surface area contributed by atoms with Crippen LogP contribution in [0.2, 0.25) is 5.02 Å². The van der Waals surface area contributed by atoms with E-state index in [-0.39, 0.29) is 17.7 Å². The maximum absolute atomic E-state index is 12.3. The smallest absolute Gasteiger partial charge is 0.341 e. The van der Waals surface area contributed by atoms with Crippen LogP contribution in [-0.4, -0.2) is 23.5 Å². The van der Waals surface area contributed by atoms with Gasteiger partial charge in [0, 0.05) is 22.3 Å². The number of hydrogen-bond donors (Lipinski definition) is 1. The minimum Gasteiger partial charge on any atom is -0.545 e. The van der Waals surface area contributed by atoms with E-state index in [1.165, 1.54) is 18.3 Å². The Labute approximate surface area is 154 Å². The summed E-state index contributed by atoms with van der Waals surface area (Å²) in [5, 5.41) is 15.3. The Kier molecular flexibility index (Phi) is 5.04. The Balaban J connectivity index is 2.16. The van der Waals surface area contributed by atoms with Gasteiger partial charge in [-0.05, 0) is 42.8 Å². The molecule has 0 saturated heterocycles. The van der Waals surface area contributed by atoms with E-state index >= 15 is 0 Å². The van der Waals surface area contributed by atoms with Gasteiger partial charge in [0.15, 0.2) is 0 Å². The average Bonchev–Trinajstić information content (AvgIpc) is 2.62. The number of hydrogen-bond acceptors (Lipinski definition) is 6. The van der Waals surface area contributed by atoms with Crippen molar-refractivity contribution >= 4 is 45.8 Å². The van der Waals surface area contributed by atoms with Crippen molar-refractivity contribution in [2.45, 2.75) is 6.92 Å². The van der Waals surface area contributed by atoms with Crippen LogP contribution < -0.4 is 10.4 Å². The molecule has 1 N–H and O–H groups in total. The molecule has 26 heavy (non-hydrogen) atoms. The van der Waals surface area contributed by atoms with Gasteiger partial charge in [-0.15, -0.1) is 0 Å². The summed E-state index contributed by atoms with van der Waals surface area (Å²) in [5.74, 6) is -1.83. The predicted molar refractivity (Wildman–Crippen MR) is 96.8 cm³/mol. The first kappa shape index (κ1) is 17.7. The van der Waals surface area contributed by atoms with Gasteiger partial charge in [0.2, 0.25) is 0 Å². The Morgan fingerprint density at radius 1 is 1.23 bits per heavy atom. The molecule has 0 unspecified atom stereocenters. The van der Waals surface area contributed by atoms with Crippen LogP contribution in [0.3, 0.4) is 0 Å². The van der Waals surface area contributed by atoms with Crippen molar-refractivity contribution in [3.8, 4) is 0 Å². The highest BCUT2D eigenvalue weighted by Crippen LogP contribution is 2.31. The van der Waals surface area contributed by atoms with Crippen LogP contribution >= 0.6 is 11.6 Å². The van der Waals surface area contributed by atoms with Crippen LogP contribution in [-0.2, 0) is 4.74 Å². The SMILES string of the molecule is CCOC(=O)c1cnc2ccc(Cl)cc2c1Nc1cccc(C(=O)[O-])c1. The van der Waals surface area contributed by atoms with Gasteiger partial charge >= 0.3 is 5.97 Å². The van der Waals surface area contributed by atoms with Gasteiger partial charge in [-0.3, -0.25) is 4.98 Å². The van der Waals surface area contributed by atoms with Crippen LogP contribution in [0, 0.1) is 0 Å². The number of pyridine rings is 1. The summed E-state index contributed by atoms with van der Waals surface area (Å²) in [4.78, 5) is 27.7. The van der Waals surface area contributed by atoms with Gasteiger partial charge in [0.05, 0.1) is 23.8 Å². The summed E-state index contributed by atoms with van der Waals surface area (Å²) in [5.41, 5.74) is 1.78. The molecule has 6 nitrogen and oxygen atoms in total. The number of carbonyl (C=O) groups is 2. The third-order valence-corrected chi connectivity index (χ3v) is 3.93. The number of fused-ring (bicyclic) bond motifs is 1. The molecule has 0 amide bonds. The number of rotatable bonds is 5. The molecule has 0 fully saturated rings. The lowest BCUT2D eigenvalue weighted by Crippen LogP contribution is -2.22. The van der Waals surface area contributed by atoms with Gasteiger partial charge in [-0.1, -0.05) is 23.7 Å². The quantitative estimate of drug-likeness (QED) is 0.694. The third-order valence-electron chi connectivity index (χ3n) is 3.69. The minimum atomic E-state index is -1.29. The number of halogens is 1. The van der Waals surface area contributed by atoms with Gasteiger partial charge in [0.1, 0.15) is 5.56 Å². The summed E-state index contributed by atoms with van der Waals surface area (Å²) >= 11 is 6.10. The van der Waals surface area contributed by atoms with E-state index in [4.69, 9.17) is 16.3 Å². The highest BCUT2D eigenvalue weighted by molar-refractivity contribution is 6.31. The Bertz CT molecular complexity index is 1000. The van der Waals surface area contributed by atoms with Crippen LogP contribution in [0.5, 0.6) is 0 Å². The first-order valence-electron chi connectivity index (χ1n) is 7.83. The lowest BCUT2D eigenvalue weighted by molar-refractivity contribution is -0.255. The summed E-state index contributed by atoms with van der Waals surface area (Å²) < 4.78 is 5.09.